The molecule has 1 saturated heterocycles. The lowest BCUT2D eigenvalue weighted by Crippen LogP contribution is -2.37. The Hall–Kier alpha value is -3.09. The van der Waals surface area contributed by atoms with Gasteiger partial charge in [-0.25, -0.2) is 4.98 Å². The van der Waals surface area contributed by atoms with Crippen molar-refractivity contribution in [3.05, 3.63) is 54.4 Å². The highest BCUT2D eigenvalue weighted by Crippen LogP contribution is 2.21. The van der Waals surface area contributed by atoms with Crippen LogP contribution in [0.4, 0.5) is 5.82 Å². The Morgan fingerprint density at radius 3 is 3.08 bits per heavy atom. The molecule has 0 spiro atoms. The van der Waals surface area contributed by atoms with Crippen LogP contribution in [-0.4, -0.2) is 46.7 Å². The van der Waals surface area contributed by atoms with Gasteiger partial charge in [-0.2, -0.15) is 9.61 Å². The first-order valence-electron chi connectivity index (χ1n) is 8.23. The summed E-state index contributed by atoms with van der Waals surface area (Å²) in [6.07, 6.45) is 4.42. The number of amides is 1. The highest BCUT2D eigenvalue weighted by Gasteiger charge is 2.26. The Bertz CT molecular complexity index is 907. The molecule has 1 unspecified atom stereocenters. The molecule has 1 aliphatic heterocycles. The monoisotopic (exact) mass is 337 g/mol. The maximum Gasteiger partial charge on any atom is 0.251 e. The Kier molecular flexibility index (Phi) is 3.97. The molecule has 7 nitrogen and oxygen atoms in total. The summed E-state index contributed by atoms with van der Waals surface area (Å²) in [5.74, 6) is 1.59. The van der Waals surface area contributed by atoms with E-state index >= 15 is 0 Å². The van der Waals surface area contributed by atoms with Crippen LogP contribution in [0.15, 0.2) is 48.8 Å². The zero-order chi connectivity index (χ0) is 17.2. The van der Waals surface area contributed by atoms with Crippen molar-refractivity contribution in [3.8, 4) is 5.75 Å². The molecule has 1 aromatic carbocycles. The average molecular weight is 337 g/mol. The van der Waals surface area contributed by atoms with Crippen molar-refractivity contribution in [2.45, 2.75) is 12.5 Å². The maximum atomic E-state index is 12.5. The van der Waals surface area contributed by atoms with E-state index in [1.54, 1.807) is 31.6 Å². The number of carbonyl (C=O) groups excluding carboxylic acids is 1. The molecule has 1 N–H and O–H groups in total. The Balaban J connectivity index is 1.45. The summed E-state index contributed by atoms with van der Waals surface area (Å²) in [4.78, 5) is 19.0. The third kappa shape index (κ3) is 3.00. The molecule has 4 rings (SSSR count). The van der Waals surface area contributed by atoms with E-state index in [1.165, 1.54) is 0 Å². The molecule has 3 aromatic rings. The average Bonchev–Trinajstić information content (AvgIpc) is 3.30. The van der Waals surface area contributed by atoms with Crippen LogP contribution in [0.2, 0.25) is 0 Å². The first-order valence-corrected chi connectivity index (χ1v) is 8.23. The van der Waals surface area contributed by atoms with Gasteiger partial charge in [0.15, 0.2) is 5.65 Å². The second-order valence-electron chi connectivity index (χ2n) is 6.04. The molecule has 1 amide bonds. The van der Waals surface area contributed by atoms with Crippen LogP contribution in [-0.2, 0) is 0 Å². The van der Waals surface area contributed by atoms with Crippen molar-refractivity contribution in [2.75, 3.05) is 25.1 Å². The zero-order valence-electron chi connectivity index (χ0n) is 13.9. The second-order valence-corrected chi connectivity index (χ2v) is 6.04. The number of fused-ring (bicyclic) bond motifs is 1. The molecule has 25 heavy (non-hydrogen) atoms. The van der Waals surface area contributed by atoms with Gasteiger partial charge < -0.3 is 15.0 Å². The van der Waals surface area contributed by atoms with E-state index in [2.05, 4.69) is 20.3 Å². The van der Waals surface area contributed by atoms with Crippen molar-refractivity contribution in [1.29, 1.82) is 0 Å². The van der Waals surface area contributed by atoms with Crippen LogP contribution < -0.4 is 15.0 Å². The van der Waals surface area contributed by atoms with E-state index in [-0.39, 0.29) is 11.9 Å². The zero-order valence-corrected chi connectivity index (χ0v) is 13.9. The molecular formula is C18H19N5O2. The largest absolute Gasteiger partial charge is 0.497 e. The van der Waals surface area contributed by atoms with Gasteiger partial charge in [-0.05, 0) is 30.7 Å². The number of nitrogens with one attached hydrogen (secondary N) is 1. The van der Waals surface area contributed by atoms with E-state index < -0.39 is 0 Å². The molecule has 1 aliphatic rings. The molecule has 2 aromatic heterocycles. The molecule has 3 heterocycles. The molecule has 1 atom stereocenters. The van der Waals surface area contributed by atoms with Gasteiger partial charge in [-0.1, -0.05) is 6.07 Å². The van der Waals surface area contributed by atoms with Gasteiger partial charge in [0, 0.05) is 37.0 Å². The van der Waals surface area contributed by atoms with Gasteiger partial charge in [-0.15, -0.1) is 0 Å². The topological polar surface area (TPSA) is 71.8 Å². The van der Waals surface area contributed by atoms with Gasteiger partial charge in [0.2, 0.25) is 0 Å². The Morgan fingerprint density at radius 1 is 1.28 bits per heavy atom. The number of methoxy groups -OCH3 is 1. The third-order valence-corrected chi connectivity index (χ3v) is 4.45. The number of rotatable bonds is 4. The molecule has 1 fully saturated rings. The van der Waals surface area contributed by atoms with Crippen LogP contribution in [0.1, 0.15) is 16.8 Å². The molecule has 0 aliphatic carbocycles. The minimum atomic E-state index is -0.0790. The summed E-state index contributed by atoms with van der Waals surface area (Å²) in [6, 6.07) is 11.1. The molecule has 0 radical (unpaired) electrons. The summed E-state index contributed by atoms with van der Waals surface area (Å²) in [6.45, 7) is 1.61. The van der Waals surface area contributed by atoms with E-state index in [1.807, 2.05) is 28.8 Å². The van der Waals surface area contributed by atoms with Crippen molar-refractivity contribution >= 4 is 17.4 Å². The second kappa shape index (κ2) is 6.43. The highest BCUT2D eigenvalue weighted by molar-refractivity contribution is 5.94. The fourth-order valence-electron chi connectivity index (χ4n) is 3.18. The first-order chi connectivity index (χ1) is 12.2. The quantitative estimate of drug-likeness (QED) is 0.785. The number of ether oxygens (including phenoxy) is 1. The van der Waals surface area contributed by atoms with Crippen molar-refractivity contribution < 1.29 is 9.53 Å². The molecule has 7 heteroatoms. The SMILES string of the molecule is COc1cccc(C(=O)NC2CCN(c3ccnc4ccnn34)C2)c1. The lowest BCUT2D eigenvalue weighted by atomic mass is 10.2. The summed E-state index contributed by atoms with van der Waals surface area (Å²) in [5.41, 5.74) is 1.43. The van der Waals surface area contributed by atoms with Gasteiger partial charge in [0.05, 0.1) is 13.3 Å². The first kappa shape index (κ1) is 15.4. The molecular weight excluding hydrogens is 318 g/mol. The van der Waals surface area contributed by atoms with Gasteiger partial charge in [0.25, 0.3) is 5.91 Å². The number of hydrogen-bond acceptors (Lipinski definition) is 5. The summed E-state index contributed by atoms with van der Waals surface area (Å²) in [5, 5.41) is 7.43. The lowest BCUT2D eigenvalue weighted by molar-refractivity contribution is 0.0940. The number of benzene rings is 1. The standard InChI is InChI=1S/C18H19N5O2/c1-25-15-4-2-3-13(11-15)18(24)21-14-7-10-22(12-14)17-6-8-19-16-5-9-20-23(16)17/h2-6,8-9,11,14H,7,10,12H2,1H3,(H,21,24). The van der Waals surface area contributed by atoms with Crippen molar-refractivity contribution in [1.82, 2.24) is 19.9 Å². The predicted octanol–water partition coefficient (Wildman–Crippen LogP) is 1.75. The number of hydrogen-bond donors (Lipinski definition) is 1. The number of aromatic nitrogens is 3. The molecule has 128 valence electrons. The van der Waals surface area contributed by atoms with Crippen LogP contribution in [0.3, 0.4) is 0 Å². The normalized spacial score (nSPS) is 17.0. The van der Waals surface area contributed by atoms with Crippen LogP contribution >= 0.6 is 0 Å². The smallest absolute Gasteiger partial charge is 0.251 e. The minimum Gasteiger partial charge on any atom is -0.497 e. The lowest BCUT2D eigenvalue weighted by Gasteiger charge is -2.19. The number of carbonyl (C=O) groups is 1. The van der Waals surface area contributed by atoms with Crippen LogP contribution in [0.5, 0.6) is 5.75 Å². The predicted molar refractivity (Wildman–Crippen MR) is 94.1 cm³/mol. The summed E-state index contributed by atoms with van der Waals surface area (Å²) in [7, 11) is 1.59. The van der Waals surface area contributed by atoms with E-state index in [0.29, 0.717) is 11.3 Å². The number of nitrogens with zero attached hydrogens (tertiary/aromatic N) is 4. The van der Waals surface area contributed by atoms with E-state index in [9.17, 15) is 4.79 Å². The Labute approximate surface area is 145 Å². The summed E-state index contributed by atoms with van der Waals surface area (Å²) < 4.78 is 7.00. The van der Waals surface area contributed by atoms with E-state index in [4.69, 9.17) is 4.74 Å². The minimum absolute atomic E-state index is 0.0790. The third-order valence-electron chi connectivity index (χ3n) is 4.45. The summed E-state index contributed by atoms with van der Waals surface area (Å²) >= 11 is 0. The maximum absolute atomic E-state index is 12.5. The van der Waals surface area contributed by atoms with Crippen molar-refractivity contribution in [2.24, 2.45) is 0 Å². The van der Waals surface area contributed by atoms with Gasteiger partial charge in [0.1, 0.15) is 11.6 Å². The molecule has 0 bridgehead atoms. The van der Waals surface area contributed by atoms with Crippen LogP contribution in [0.25, 0.3) is 5.65 Å². The fraction of sp³-hybridized carbons (Fsp3) is 0.278. The Morgan fingerprint density at radius 2 is 2.20 bits per heavy atom. The van der Waals surface area contributed by atoms with Crippen molar-refractivity contribution in [3.63, 3.8) is 0 Å². The highest BCUT2D eigenvalue weighted by atomic mass is 16.5. The molecule has 0 saturated carbocycles. The fourth-order valence-corrected chi connectivity index (χ4v) is 3.18. The van der Waals surface area contributed by atoms with E-state index in [0.717, 1.165) is 31.0 Å². The number of anilines is 1. The van der Waals surface area contributed by atoms with Gasteiger partial charge >= 0.3 is 0 Å². The van der Waals surface area contributed by atoms with Gasteiger partial charge in [-0.3, -0.25) is 4.79 Å². The van der Waals surface area contributed by atoms with Crippen LogP contribution in [0, 0.1) is 0 Å².